The Bertz CT molecular complexity index is 308. The van der Waals surface area contributed by atoms with Gasteiger partial charge in [-0.2, -0.15) is 5.10 Å². The summed E-state index contributed by atoms with van der Waals surface area (Å²) in [5.41, 5.74) is 0.375. The number of aromatic nitrogens is 2. The van der Waals surface area contributed by atoms with E-state index >= 15 is 0 Å². The predicted molar refractivity (Wildman–Crippen MR) is 37.8 cm³/mol. The van der Waals surface area contributed by atoms with Crippen LogP contribution in [0, 0.1) is 12.3 Å². The lowest BCUT2D eigenvalue weighted by Crippen LogP contribution is -2.01. The maximum absolute atomic E-state index is 10.4. The van der Waals surface area contributed by atoms with Crippen LogP contribution in [0.5, 0.6) is 5.75 Å². The van der Waals surface area contributed by atoms with Gasteiger partial charge in [-0.05, 0) is 5.92 Å². The van der Waals surface area contributed by atoms with Crippen molar-refractivity contribution in [2.45, 2.75) is 6.92 Å². The zero-order chi connectivity index (χ0) is 8.27. The number of hydrogen-bond donors (Lipinski definition) is 1. The van der Waals surface area contributed by atoms with Crippen molar-refractivity contribution < 1.29 is 9.53 Å². The van der Waals surface area contributed by atoms with Crippen LogP contribution in [0.4, 0.5) is 0 Å². The van der Waals surface area contributed by atoms with Gasteiger partial charge in [0.25, 0.3) is 0 Å². The van der Waals surface area contributed by atoms with E-state index < -0.39 is 5.97 Å². The summed E-state index contributed by atoms with van der Waals surface area (Å²) in [6.45, 7) is 1.30. The molecule has 11 heavy (non-hydrogen) atoms. The first-order chi connectivity index (χ1) is 5.24. The number of rotatable bonds is 1. The van der Waals surface area contributed by atoms with Crippen LogP contribution in [-0.2, 0) is 4.79 Å². The number of H-pyrrole nitrogens is 1. The number of terminal acetylenes is 1. The number of nitrogens with one attached hydrogen (secondary N) is 1. The van der Waals surface area contributed by atoms with Gasteiger partial charge in [0, 0.05) is 6.92 Å². The van der Waals surface area contributed by atoms with Crippen molar-refractivity contribution in [3.05, 3.63) is 11.9 Å². The first kappa shape index (κ1) is 7.35. The minimum atomic E-state index is -0.414. The third-order valence-corrected chi connectivity index (χ3v) is 1.00. The molecule has 1 rings (SSSR count). The Balaban J connectivity index is 2.87. The van der Waals surface area contributed by atoms with Gasteiger partial charge in [0.2, 0.25) is 0 Å². The topological polar surface area (TPSA) is 55.0 Å². The summed E-state index contributed by atoms with van der Waals surface area (Å²) in [6.07, 6.45) is 6.42. The van der Waals surface area contributed by atoms with Crippen molar-refractivity contribution in [3.63, 3.8) is 0 Å². The van der Waals surface area contributed by atoms with Crippen molar-refractivity contribution in [2.24, 2.45) is 0 Å². The fourth-order valence-electron chi connectivity index (χ4n) is 0.611. The molecular formula is C7H6N2O2. The molecule has 0 saturated heterocycles. The molecule has 1 aromatic rings. The fraction of sp³-hybridized carbons (Fsp3) is 0.143. The molecule has 0 fully saturated rings. The molecule has 4 heteroatoms. The van der Waals surface area contributed by atoms with Crippen molar-refractivity contribution >= 4 is 5.97 Å². The van der Waals surface area contributed by atoms with Crippen LogP contribution >= 0.6 is 0 Å². The Morgan fingerprint density at radius 3 is 3.18 bits per heavy atom. The average Bonchev–Trinajstić information content (AvgIpc) is 2.34. The zero-order valence-corrected chi connectivity index (χ0v) is 5.92. The first-order valence-corrected chi connectivity index (χ1v) is 2.92. The third kappa shape index (κ3) is 1.58. The monoisotopic (exact) mass is 150 g/mol. The molecule has 0 saturated carbocycles. The Morgan fingerprint density at radius 2 is 2.64 bits per heavy atom. The van der Waals surface area contributed by atoms with Gasteiger partial charge in [-0.3, -0.25) is 9.89 Å². The van der Waals surface area contributed by atoms with Gasteiger partial charge in [-0.15, -0.1) is 6.42 Å². The van der Waals surface area contributed by atoms with Crippen LogP contribution < -0.4 is 4.74 Å². The van der Waals surface area contributed by atoms with E-state index in [9.17, 15) is 4.79 Å². The highest BCUT2D eigenvalue weighted by Gasteiger charge is 2.04. The van der Waals surface area contributed by atoms with Gasteiger partial charge in [0.15, 0.2) is 11.4 Å². The fourth-order valence-corrected chi connectivity index (χ4v) is 0.611. The molecule has 0 aliphatic rings. The second kappa shape index (κ2) is 2.88. The van der Waals surface area contributed by atoms with Gasteiger partial charge in [0.05, 0.1) is 6.20 Å². The first-order valence-electron chi connectivity index (χ1n) is 2.92. The molecule has 56 valence electrons. The van der Waals surface area contributed by atoms with E-state index in [0.717, 1.165) is 0 Å². The number of carbonyl (C=O) groups excluding carboxylic acids is 1. The van der Waals surface area contributed by atoms with Gasteiger partial charge in [-0.25, -0.2) is 0 Å². The maximum Gasteiger partial charge on any atom is 0.308 e. The normalized spacial score (nSPS) is 8.73. The predicted octanol–water partition coefficient (Wildman–Crippen LogP) is 0.316. The minimum Gasteiger partial charge on any atom is -0.422 e. The molecule has 0 aromatic carbocycles. The highest BCUT2D eigenvalue weighted by molar-refractivity contribution is 5.69. The Hall–Kier alpha value is -1.76. The SMILES string of the molecule is C#Cc1[nH]ncc1OC(C)=O. The highest BCUT2D eigenvalue weighted by atomic mass is 16.5. The Morgan fingerprint density at radius 1 is 1.91 bits per heavy atom. The molecule has 0 atom stereocenters. The quantitative estimate of drug-likeness (QED) is 0.463. The molecule has 1 N–H and O–H groups in total. The second-order valence-electron chi connectivity index (χ2n) is 1.85. The molecule has 0 aliphatic heterocycles. The summed E-state index contributed by atoms with van der Waals surface area (Å²) in [4.78, 5) is 10.4. The van der Waals surface area contributed by atoms with Crippen LogP contribution in [0.2, 0.25) is 0 Å². The smallest absolute Gasteiger partial charge is 0.308 e. The number of esters is 1. The number of nitrogens with zero attached hydrogens (tertiary/aromatic N) is 1. The van der Waals surface area contributed by atoms with E-state index in [4.69, 9.17) is 11.2 Å². The van der Waals surface area contributed by atoms with E-state index in [1.165, 1.54) is 13.1 Å². The summed E-state index contributed by atoms with van der Waals surface area (Å²) >= 11 is 0. The van der Waals surface area contributed by atoms with Crippen LogP contribution in [0.3, 0.4) is 0 Å². The van der Waals surface area contributed by atoms with Crippen LogP contribution in [-0.4, -0.2) is 16.2 Å². The summed E-state index contributed by atoms with van der Waals surface area (Å²) in [7, 11) is 0. The summed E-state index contributed by atoms with van der Waals surface area (Å²) in [6, 6.07) is 0. The van der Waals surface area contributed by atoms with Crippen LogP contribution in [0.25, 0.3) is 0 Å². The average molecular weight is 150 g/mol. The second-order valence-corrected chi connectivity index (χ2v) is 1.85. The van der Waals surface area contributed by atoms with Gasteiger partial charge >= 0.3 is 5.97 Å². The van der Waals surface area contributed by atoms with Gasteiger partial charge < -0.3 is 4.74 Å². The van der Waals surface area contributed by atoms with Gasteiger partial charge in [0.1, 0.15) is 0 Å². The molecule has 4 nitrogen and oxygen atoms in total. The molecule has 1 heterocycles. The molecule has 0 radical (unpaired) electrons. The Labute approximate surface area is 63.6 Å². The van der Waals surface area contributed by atoms with Gasteiger partial charge in [-0.1, -0.05) is 0 Å². The van der Waals surface area contributed by atoms with Crippen molar-refractivity contribution in [2.75, 3.05) is 0 Å². The standard InChI is InChI=1S/C7H6N2O2/c1-3-6-7(4-8-9-6)11-5(2)10/h1,4H,2H3,(H,8,9). The summed E-state index contributed by atoms with van der Waals surface area (Å²) < 4.78 is 4.70. The van der Waals surface area contributed by atoms with E-state index in [1.807, 2.05) is 0 Å². The molecule has 0 bridgehead atoms. The third-order valence-electron chi connectivity index (χ3n) is 1.00. The van der Waals surface area contributed by atoms with Crippen molar-refractivity contribution in [3.8, 4) is 18.1 Å². The largest absolute Gasteiger partial charge is 0.422 e. The van der Waals surface area contributed by atoms with Crippen molar-refractivity contribution in [1.29, 1.82) is 0 Å². The molecule has 0 aliphatic carbocycles. The minimum absolute atomic E-state index is 0.292. The highest BCUT2D eigenvalue weighted by Crippen LogP contribution is 2.12. The van der Waals surface area contributed by atoms with E-state index in [1.54, 1.807) is 0 Å². The molecule has 1 aromatic heterocycles. The molecule has 0 amide bonds. The summed E-state index contributed by atoms with van der Waals surface area (Å²) in [5, 5.41) is 6.10. The lowest BCUT2D eigenvalue weighted by atomic mass is 10.4. The lowest BCUT2D eigenvalue weighted by molar-refractivity contribution is -0.131. The number of aromatic amines is 1. The number of carbonyl (C=O) groups is 1. The number of ether oxygens (including phenoxy) is 1. The van der Waals surface area contributed by atoms with Crippen LogP contribution in [0.1, 0.15) is 12.6 Å². The van der Waals surface area contributed by atoms with E-state index in [2.05, 4.69) is 16.1 Å². The van der Waals surface area contributed by atoms with Crippen molar-refractivity contribution in [1.82, 2.24) is 10.2 Å². The maximum atomic E-state index is 10.4. The number of hydrogen-bond acceptors (Lipinski definition) is 3. The van der Waals surface area contributed by atoms with Crippen LogP contribution in [0.15, 0.2) is 6.20 Å². The lowest BCUT2D eigenvalue weighted by Gasteiger charge is -1.94. The van der Waals surface area contributed by atoms with E-state index in [-0.39, 0.29) is 0 Å². The molecule has 0 unspecified atom stereocenters. The molecular weight excluding hydrogens is 144 g/mol. The summed E-state index contributed by atoms with van der Waals surface area (Å²) in [5.74, 6) is 2.16. The molecule has 0 spiro atoms. The zero-order valence-electron chi connectivity index (χ0n) is 5.92. The Kier molecular flexibility index (Phi) is 1.93. The van der Waals surface area contributed by atoms with E-state index in [0.29, 0.717) is 11.4 Å².